The molecule has 16 heavy (non-hydrogen) atoms. The lowest BCUT2D eigenvalue weighted by Gasteiger charge is -2.39. The zero-order valence-electron chi connectivity index (χ0n) is 10.3. The minimum absolute atomic E-state index is 0.156. The predicted molar refractivity (Wildman–Crippen MR) is 65.1 cm³/mol. The van der Waals surface area contributed by atoms with Crippen LogP contribution in [0.3, 0.4) is 0 Å². The molecule has 0 spiro atoms. The highest BCUT2D eigenvalue weighted by molar-refractivity contribution is 4.84. The van der Waals surface area contributed by atoms with Gasteiger partial charge in [0.25, 0.3) is 0 Å². The highest BCUT2D eigenvalue weighted by Gasteiger charge is 2.29. The first-order chi connectivity index (χ1) is 7.72. The van der Waals surface area contributed by atoms with Crippen LogP contribution in [0, 0.1) is 5.92 Å². The Morgan fingerprint density at radius 1 is 1.38 bits per heavy atom. The number of hydrogen-bond acceptors (Lipinski definition) is 4. The molecule has 1 rings (SSSR count). The number of aliphatic hydroxyl groups is 2. The van der Waals surface area contributed by atoms with Crippen molar-refractivity contribution in [1.29, 1.82) is 0 Å². The Kier molecular flexibility index (Phi) is 6.28. The zero-order valence-corrected chi connectivity index (χ0v) is 10.3. The fraction of sp³-hybridized carbons (Fsp3) is 1.00. The summed E-state index contributed by atoms with van der Waals surface area (Å²) in [6, 6.07) is 0.491. The van der Waals surface area contributed by atoms with E-state index in [9.17, 15) is 5.11 Å². The molecule has 0 saturated heterocycles. The van der Waals surface area contributed by atoms with Crippen LogP contribution < -0.4 is 5.73 Å². The van der Waals surface area contributed by atoms with Gasteiger partial charge in [0.15, 0.2) is 0 Å². The van der Waals surface area contributed by atoms with Crippen molar-refractivity contribution in [3.05, 3.63) is 0 Å². The third kappa shape index (κ3) is 3.70. The van der Waals surface area contributed by atoms with Crippen LogP contribution in [0.5, 0.6) is 0 Å². The van der Waals surface area contributed by atoms with Crippen LogP contribution in [0.2, 0.25) is 0 Å². The molecule has 0 heterocycles. The highest BCUT2D eigenvalue weighted by atomic mass is 16.3. The van der Waals surface area contributed by atoms with Gasteiger partial charge in [-0.1, -0.05) is 19.8 Å². The molecule has 1 aliphatic carbocycles. The van der Waals surface area contributed by atoms with Crippen molar-refractivity contribution >= 4 is 0 Å². The maximum Gasteiger partial charge on any atom is 0.0897 e. The average molecular weight is 230 g/mol. The van der Waals surface area contributed by atoms with E-state index in [1.165, 1.54) is 25.7 Å². The average Bonchev–Trinajstić information content (AvgIpc) is 2.35. The topological polar surface area (TPSA) is 69.7 Å². The van der Waals surface area contributed by atoms with Gasteiger partial charge in [0, 0.05) is 12.6 Å². The molecule has 0 bridgehead atoms. The fourth-order valence-electron chi connectivity index (χ4n) is 2.77. The summed E-state index contributed by atoms with van der Waals surface area (Å²) in [6.07, 6.45) is 4.28. The summed E-state index contributed by atoms with van der Waals surface area (Å²) in [6.45, 7) is 4.16. The van der Waals surface area contributed by atoms with Crippen LogP contribution in [0.1, 0.15) is 32.6 Å². The van der Waals surface area contributed by atoms with E-state index in [1.54, 1.807) is 0 Å². The predicted octanol–water partition coefficient (Wildman–Crippen LogP) is 0.179. The second-order valence-electron chi connectivity index (χ2n) is 4.77. The van der Waals surface area contributed by atoms with Crippen molar-refractivity contribution in [2.24, 2.45) is 11.7 Å². The van der Waals surface area contributed by atoms with Gasteiger partial charge in [0.1, 0.15) is 0 Å². The fourth-order valence-corrected chi connectivity index (χ4v) is 2.77. The maximum atomic E-state index is 9.53. The van der Waals surface area contributed by atoms with Gasteiger partial charge in [-0.05, 0) is 31.8 Å². The van der Waals surface area contributed by atoms with E-state index >= 15 is 0 Å². The molecule has 0 aliphatic heterocycles. The Morgan fingerprint density at radius 3 is 2.62 bits per heavy atom. The standard InChI is InChI=1S/C12H26N2O2/c1-2-14(8-11(16)9-15)12-6-4-3-5-10(12)7-13/h10-12,15-16H,2-9,13H2,1H3. The molecule has 0 aromatic rings. The lowest BCUT2D eigenvalue weighted by molar-refractivity contribution is 0.0258. The Labute approximate surface area is 98.4 Å². The molecule has 4 nitrogen and oxygen atoms in total. The summed E-state index contributed by atoms with van der Waals surface area (Å²) in [4.78, 5) is 2.28. The molecular weight excluding hydrogens is 204 g/mol. The van der Waals surface area contributed by atoms with Crippen LogP contribution in [0.4, 0.5) is 0 Å². The second kappa shape index (κ2) is 7.22. The van der Waals surface area contributed by atoms with Crippen LogP contribution in [0.15, 0.2) is 0 Å². The quantitative estimate of drug-likeness (QED) is 0.609. The molecule has 0 aromatic carbocycles. The molecule has 0 amide bonds. The van der Waals surface area contributed by atoms with Gasteiger partial charge in [-0.25, -0.2) is 0 Å². The third-order valence-corrected chi connectivity index (χ3v) is 3.70. The van der Waals surface area contributed by atoms with Crippen LogP contribution in [-0.4, -0.2) is 53.5 Å². The minimum Gasteiger partial charge on any atom is -0.394 e. The summed E-state index contributed by atoms with van der Waals surface area (Å²) >= 11 is 0. The molecule has 0 radical (unpaired) electrons. The molecule has 1 saturated carbocycles. The minimum atomic E-state index is -0.625. The van der Waals surface area contributed by atoms with Crippen molar-refractivity contribution in [1.82, 2.24) is 4.90 Å². The Morgan fingerprint density at radius 2 is 2.06 bits per heavy atom. The number of nitrogens with two attached hydrogens (primary N) is 1. The van der Waals surface area contributed by atoms with Gasteiger partial charge in [0.2, 0.25) is 0 Å². The lowest BCUT2D eigenvalue weighted by Crippen LogP contribution is -2.48. The van der Waals surface area contributed by atoms with Crippen LogP contribution in [-0.2, 0) is 0 Å². The summed E-state index contributed by atoms with van der Waals surface area (Å²) in [7, 11) is 0. The summed E-state index contributed by atoms with van der Waals surface area (Å²) in [5, 5.41) is 18.4. The normalized spacial score (nSPS) is 28.3. The van der Waals surface area contributed by atoms with Gasteiger partial charge in [-0.2, -0.15) is 0 Å². The van der Waals surface area contributed by atoms with E-state index in [0.717, 1.165) is 13.1 Å². The zero-order chi connectivity index (χ0) is 12.0. The number of likely N-dealkylation sites (N-methyl/N-ethyl adjacent to an activating group) is 1. The van der Waals surface area contributed by atoms with Crippen molar-refractivity contribution in [3.8, 4) is 0 Å². The van der Waals surface area contributed by atoms with E-state index in [2.05, 4.69) is 11.8 Å². The Bertz CT molecular complexity index is 190. The Hall–Kier alpha value is -0.160. The number of rotatable bonds is 6. The Balaban J connectivity index is 2.54. The van der Waals surface area contributed by atoms with E-state index in [1.807, 2.05) is 0 Å². The van der Waals surface area contributed by atoms with Gasteiger partial charge in [-0.15, -0.1) is 0 Å². The third-order valence-electron chi connectivity index (χ3n) is 3.70. The van der Waals surface area contributed by atoms with E-state index in [0.29, 0.717) is 18.5 Å². The van der Waals surface area contributed by atoms with Crippen molar-refractivity contribution in [2.75, 3.05) is 26.2 Å². The number of nitrogens with zero attached hydrogens (tertiary/aromatic N) is 1. The first-order valence-corrected chi connectivity index (χ1v) is 6.46. The molecule has 4 N–H and O–H groups in total. The van der Waals surface area contributed by atoms with Gasteiger partial charge in [0.05, 0.1) is 12.7 Å². The molecule has 4 heteroatoms. The first-order valence-electron chi connectivity index (χ1n) is 6.46. The molecule has 96 valence electrons. The van der Waals surface area contributed by atoms with Crippen LogP contribution in [0.25, 0.3) is 0 Å². The molecule has 3 atom stereocenters. The largest absolute Gasteiger partial charge is 0.394 e. The van der Waals surface area contributed by atoms with E-state index < -0.39 is 6.10 Å². The van der Waals surface area contributed by atoms with Crippen molar-refractivity contribution < 1.29 is 10.2 Å². The molecule has 1 aliphatic rings. The summed E-state index contributed by atoms with van der Waals surface area (Å²) in [5.41, 5.74) is 5.81. The molecule has 0 aromatic heterocycles. The maximum absolute atomic E-state index is 9.53. The van der Waals surface area contributed by atoms with E-state index in [4.69, 9.17) is 10.8 Å². The van der Waals surface area contributed by atoms with Crippen molar-refractivity contribution in [3.63, 3.8) is 0 Å². The van der Waals surface area contributed by atoms with Gasteiger partial charge < -0.3 is 15.9 Å². The molecular formula is C12H26N2O2. The second-order valence-corrected chi connectivity index (χ2v) is 4.77. The first kappa shape index (κ1) is 13.9. The summed E-state index contributed by atoms with van der Waals surface area (Å²) < 4.78 is 0. The lowest BCUT2D eigenvalue weighted by atomic mass is 9.83. The van der Waals surface area contributed by atoms with E-state index in [-0.39, 0.29) is 6.61 Å². The van der Waals surface area contributed by atoms with Gasteiger partial charge >= 0.3 is 0 Å². The summed E-state index contributed by atoms with van der Waals surface area (Å²) in [5.74, 6) is 0.555. The smallest absolute Gasteiger partial charge is 0.0897 e. The molecule has 3 unspecified atom stereocenters. The van der Waals surface area contributed by atoms with Crippen molar-refractivity contribution in [2.45, 2.75) is 44.8 Å². The number of hydrogen-bond donors (Lipinski definition) is 3. The SMILES string of the molecule is CCN(CC(O)CO)C1CCCCC1CN. The monoisotopic (exact) mass is 230 g/mol. The molecule has 1 fully saturated rings. The van der Waals surface area contributed by atoms with Gasteiger partial charge in [-0.3, -0.25) is 4.90 Å². The highest BCUT2D eigenvalue weighted by Crippen LogP contribution is 2.27. The number of aliphatic hydroxyl groups excluding tert-OH is 2. The van der Waals surface area contributed by atoms with Crippen LogP contribution >= 0.6 is 0 Å².